The van der Waals surface area contributed by atoms with E-state index in [1.165, 1.54) is 0 Å². The van der Waals surface area contributed by atoms with Crippen molar-refractivity contribution in [2.75, 3.05) is 6.61 Å². The van der Waals surface area contributed by atoms with E-state index in [9.17, 15) is 4.79 Å². The second kappa shape index (κ2) is 4.36. The van der Waals surface area contributed by atoms with E-state index in [0.29, 0.717) is 24.6 Å². The summed E-state index contributed by atoms with van der Waals surface area (Å²) in [6.45, 7) is 12.9. The maximum absolute atomic E-state index is 11.8. The van der Waals surface area contributed by atoms with Crippen molar-refractivity contribution in [2.24, 2.45) is 10.8 Å². The van der Waals surface area contributed by atoms with Crippen LogP contribution in [0.25, 0.3) is 0 Å². The molecule has 1 aliphatic carbocycles. The molecule has 106 valence electrons. The standard InChI is InChI=1S/C15H23NO3/c1-7-9-10(13(17)18-8-2)19-12(16-9)11-14(3,4)15(11,5)6/h11H,7-8H2,1-6H3. The first-order valence-electron chi connectivity index (χ1n) is 6.94. The monoisotopic (exact) mass is 265 g/mol. The number of carbonyl (C=O) groups excluding carboxylic acids is 1. The summed E-state index contributed by atoms with van der Waals surface area (Å²) in [5.41, 5.74) is 0.996. The highest BCUT2D eigenvalue weighted by Gasteiger charge is 2.67. The topological polar surface area (TPSA) is 52.3 Å². The Morgan fingerprint density at radius 2 is 1.84 bits per heavy atom. The number of carbonyl (C=O) groups is 1. The van der Waals surface area contributed by atoms with E-state index in [0.717, 1.165) is 0 Å². The molecular formula is C15H23NO3. The van der Waals surface area contributed by atoms with Crippen molar-refractivity contribution in [2.45, 2.75) is 53.9 Å². The molecule has 0 radical (unpaired) electrons. The van der Waals surface area contributed by atoms with E-state index >= 15 is 0 Å². The lowest BCUT2D eigenvalue weighted by Crippen LogP contribution is -2.05. The Hall–Kier alpha value is -1.32. The van der Waals surface area contributed by atoms with Crippen LogP contribution in [-0.4, -0.2) is 17.6 Å². The van der Waals surface area contributed by atoms with E-state index in [1.807, 2.05) is 6.92 Å². The number of aromatic nitrogens is 1. The molecule has 0 saturated heterocycles. The zero-order valence-electron chi connectivity index (χ0n) is 12.7. The molecule has 1 aromatic rings. The molecule has 4 heteroatoms. The predicted octanol–water partition coefficient (Wildman–Crippen LogP) is 3.56. The van der Waals surface area contributed by atoms with Gasteiger partial charge in [-0.1, -0.05) is 34.6 Å². The number of oxazole rings is 1. The predicted molar refractivity (Wildman–Crippen MR) is 72.1 cm³/mol. The van der Waals surface area contributed by atoms with Crippen LogP contribution in [0, 0.1) is 10.8 Å². The minimum Gasteiger partial charge on any atom is -0.460 e. The van der Waals surface area contributed by atoms with Gasteiger partial charge in [-0.15, -0.1) is 0 Å². The number of nitrogens with zero attached hydrogens (tertiary/aromatic N) is 1. The lowest BCUT2D eigenvalue weighted by Gasteiger charge is -2.03. The fraction of sp³-hybridized carbons (Fsp3) is 0.733. The number of hydrogen-bond acceptors (Lipinski definition) is 4. The number of aryl methyl sites for hydroxylation is 1. The van der Waals surface area contributed by atoms with Crippen LogP contribution in [0.1, 0.15) is 69.6 Å². The highest BCUT2D eigenvalue weighted by atomic mass is 16.5. The van der Waals surface area contributed by atoms with Crippen molar-refractivity contribution < 1.29 is 13.9 Å². The fourth-order valence-electron chi connectivity index (χ4n) is 2.90. The molecular weight excluding hydrogens is 242 g/mol. The van der Waals surface area contributed by atoms with Crippen molar-refractivity contribution in [1.82, 2.24) is 4.98 Å². The largest absolute Gasteiger partial charge is 0.460 e. The molecule has 19 heavy (non-hydrogen) atoms. The minimum atomic E-state index is -0.408. The van der Waals surface area contributed by atoms with Crippen LogP contribution in [0.4, 0.5) is 0 Å². The average Bonchev–Trinajstić information content (AvgIpc) is 2.66. The lowest BCUT2D eigenvalue weighted by atomic mass is 10.0. The molecule has 1 aromatic heterocycles. The van der Waals surface area contributed by atoms with Crippen LogP contribution >= 0.6 is 0 Å². The first-order valence-corrected chi connectivity index (χ1v) is 6.94. The minimum absolute atomic E-state index is 0.148. The normalized spacial score (nSPS) is 20.3. The molecule has 0 aromatic carbocycles. The molecule has 0 aliphatic heterocycles. The van der Waals surface area contributed by atoms with Gasteiger partial charge < -0.3 is 9.15 Å². The third-order valence-electron chi connectivity index (χ3n) is 4.78. The zero-order valence-corrected chi connectivity index (χ0v) is 12.7. The van der Waals surface area contributed by atoms with Crippen molar-refractivity contribution in [1.29, 1.82) is 0 Å². The van der Waals surface area contributed by atoms with Crippen LogP contribution in [0.2, 0.25) is 0 Å². The molecule has 1 heterocycles. The van der Waals surface area contributed by atoms with Crippen LogP contribution in [-0.2, 0) is 11.2 Å². The first kappa shape index (κ1) is 14.1. The average molecular weight is 265 g/mol. The zero-order chi connectivity index (χ0) is 14.4. The van der Waals surface area contributed by atoms with E-state index in [4.69, 9.17) is 9.15 Å². The van der Waals surface area contributed by atoms with E-state index < -0.39 is 5.97 Å². The third kappa shape index (κ3) is 1.97. The molecule has 0 bridgehead atoms. The highest BCUT2D eigenvalue weighted by Crippen LogP contribution is 2.73. The molecule has 0 unspecified atom stereocenters. The van der Waals surface area contributed by atoms with Gasteiger partial charge in [0.1, 0.15) is 0 Å². The van der Waals surface area contributed by atoms with Crippen LogP contribution in [0.3, 0.4) is 0 Å². The molecule has 0 atom stereocenters. The Balaban J connectivity index is 2.33. The van der Waals surface area contributed by atoms with Gasteiger partial charge in [-0.3, -0.25) is 0 Å². The molecule has 2 rings (SSSR count). The summed E-state index contributed by atoms with van der Waals surface area (Å²) in [5.74, 6) is 0.801. The van der Waals surface area contributed by atoms with Gasteiger partial charge in [-0.05, 0) is 24.2 Å². The second-order valence-electron chi connectivity index (χ2n) is 6.28. The van der Waals surface area contributed by atoms with E-state index in [1.54, 1.807) is 6.92 Å². The lowest BCUT2D eigenvalue weighted by molar-refractivity contribution is 0.0486. The molecule has 0 amide bonds. The van der Waals surface area contributed by atoms with Crippen molar-refractivity contribution in [3.05, 3.63) is 17.3 Å². The van der Waals surface area contributed by atoms with Crippen molar-refractivity contribution >= 4 is 5.97 Å². The van der Waals surface area contributed by atoms with Gasteiger partial charge in [0.05, 0.1) is 12.3 Å². The first-order chi connectivity index (χ1) is 8.77. The summed E-state index contributed by atoms with van der Waals surface area (Å²) in [5, 5.41) is 0. The van der Waals surface area contributed by atoms with Gasteiger partial charge in [-0.25, -0.2) is 9.78 Å². The van der Waals surface area contributed by atoms with Gasteiger partial charge in [-0.2, -0.15) is 0 Å². The third-order valence-corrected chi connectivity index (χ3v) is 4.78. The molecule has 0 N–H and O–H groups in total. The van der Waals surface area contributed by atoms with Crippen LogP contribution in [0.5, 0.6) is 0 Å². The summed E-state index contributed by atoms with van der Waals surface area (Å²) < 4.78 is 10.7. The Morgan fingerprint density at radius 3 is 2.26 bits per heavy atom. The summed E-state index contributed by atoms with van der Waals surface area (Å²) >= 11 is 0. The summed E-state index contributed by atoms with van der Waals surface area (Å²) in [4.78, 5) is 16.4. The Bertz CT molecular complexity index is 485. The smallest absolute Gasteiger partial charge is 0.376 e. The van der Waals surface area contributed by atoms with Crippen LogP contribution in [0.15, 0.2) is 4.42 Å². The Kier molecular flexibility index (Phi) is 3.23. The van der Waals surface area contributed by atoms with Gasteiger partial charge in [0.25, 0.3) is 0 Å². The van der Waals surface area contributed by atoms with Crippen molar-refractivity contribution in [3.8, 4) is 0 Å². The number of ether oxygens (including phenoxy) is 1. The fourth-order valence-corrected chi connectivity index (χ4v) is 2.90. The van der Waals surface area contributed by atoms with E-state index in [2.05, 4.69) is 32.7 Å². The maximum atomic E-state index is 11.8. The SMILES string of the molecule is CCOC(=O)c1oc(C2C(C)(C)C2(C)C)nc1CC. The molecule has 1 saturated carbocycles. The molecule has 1 aliphatic rings. The summed E-state index contributed by atoms with van der Waals surface area (Å²) in [6, 6.07) is 0. The Labute approximate surface area is 114 Å². The maximum Gasteiger partial charge on any atom is 0.376 e. The van der Waals surface area contributed by atoms with Gasteiger partial charge in [0.2, 0.25) is 5.76 Å². The summed E-state index contributed by atoms with van der Waals surface area (Å²) in [7, 11) is 0. The summed E-state index contributed by atoms with van der Waals surface area (Å²) in [6.07, 6.45) is 0.672. The molecule has 4 nitrogen and oxygen atoms in total. The van der Waals surface area contributed by atoms with Gasteiger partial charge >= 0.3 is 5.97 Å². The van der Waals surface area contributed by atoms with E-state index in [-0.39, 0.29) is 22.5 Å². The molecule has 0 spiro atoms. The van der Waals surface area contributed by atoms with Crippen LogP contribution < -0.4 is 0 Å². The van der Waals surface area contributed by atoms with Gasteiger partial charge in [0.15, 0.2) is 5.89 Å². The number of hydrogen-bond donors (Lipinski definition) is 0. The number of rotatable bonds is 4. The molecule has 1 fully saturated rings. The quantitative estimate of drug-likeness (QED) is 0.781. The number of esters is 1. The van der Waals surface area contributed by atoms with Crippen molar-refractivity contribution in [3.63, 3.8) is 0 Å². The Morgan fingerprint density at radius 1 is 1.26 bits per heavy atom. The van der Waals surface area contributed by atoms with Gasteiger partial charge in [0, 0.05) is 5.92 Å². The highest BCUT2D eigenvalue weighted by molar-refractivity contribution is 5.87. The second-order valence-corrected chi connectivity index (χ2v) is 6.28.